The molecule has 1 heterocycles. The summed E-state index contributed by atoms with van der Waals surface area (Å²) in [5.74, 6) is -2.13. The summed E-state index contributed by atoms with van der Waals surface area (Å²) in [6, 6.07) is 0.608. The van der Waals surface area contributed by atoms with Crippen LogP contribution in [0.3, 0.4) is 0 Å². The number of ether oxygens (including phenoxy) is 1. The van der Waals surface area contributed by atoms with Crippen LogP contribution in [0.15, 0.2) is 34.3 Å². The molecule has 1 aromatic rings. The van der Waals surface area contributed by atoms with Crippen molar-refractivity contribution in [3.8, 4) is 0 Å². The molecule has 132 valence electrons. The fourth-order valence-electron chi connectivity index (χ4n) is 2.19. The Balaban J connectivity index is 2.42. The Morgan fingerprint density at radius 2 is 2.04 bits per heavy atom. The van der Waals surface area contributed by atoms with E-state index in [0.717, 1.165) is 24.3 Å². The number of nitro groups is 1. The van der Waals surface area contributed by atoms with Gasteiger partial charge in [0.05, 0.1) is 16.4 Å². The van der Waals surface area contributed by atoms with Gasteiger partial charge in [0, 0.05) is 17.0 Å². The number of carbonyl (C=O) groups is 2. The number of rotatable bonds is 6. The normalized spacial score (nSPS) is 19.6. The van der Waals surface area contributed by atoms with Gasteiger partial charge in [-0.25, -0.2) is 17.5 Å². The van der Waals surface area contributed by atoms with Gasteiger partial charge in [-0.1, -0.05) is 5.11 Å². The van der Waals surface area contributed by atoms with E-state index in [2.05, 4.69) is 10.0 Å². The predicted octanol–water partition coefficient (Wildman–Crippen LogP) is 0.736. The second kappa shape index (κ2) is 6.75. The van der Waals surface area contributed by atoms with E-state index >= 15 is 0 Å². The van der Waals surface area contributed by atoms with Crippen molar-refractivity contribution >= 4 is 27.6 Å². The van der Waals surface area contributed by atoms with Crippen LogP contribution >= 0.6 is 0 Å². The number of sulfonamides is 1. The lowest BCUT2D eigenvalue weighted by Gasteiger charge is -2.41. The van der Waals surface area contributed by atoms with Gasteiger partial charge < -0.3 is 4.74 Å². The largest absolute Gasteiger partial charge is 0.464 e. The Bertz CT molecular complexity index is 876. The van der Waals surface area contributed by atoms with E-state index in [-0.39, 0.29) is 16.6 Å². The Labute approximate surface area is 140 Å². The molecule has 0 aliphatic carbocycles. The number of esters is 1. The highest BCUT2D eigenvalue weighted by Crippen LogP contribution is 2.32. The molecule has 12 nitrogen and oxygen atoms in total. The van der Waals surface area contributed by atoms with Crippen molar-refractivity contribution in [3.63, 3.8) is 0 Å². The number of non-ortho nitro benzene ring substituents is 1. The molecule has 0 spiro atoms. The summed E-state index contributed by atoms with van der Waals surface area (Å²) in [7, 11) is -4.48. The molecular weight excluding hydrogens is 358 g/mol. The zero-order valence-electron chi connectivity index (χ0n) is 12.7. The minimum absolute atomic E-state index is 0.0715. The molecule has 1 amide bonds. The maximum Gasteiger partial charge on any atom is 0.331 e. The van der Waals surface area contributed by atoms with Crippen LogP contribution in [0.25, 0.3) is 10.4 Å². The lowest BCUT2D eigenvalue weighted by Crippen LogP contribution is -2.68. The lowest BCUT2D eigenvalue weighted by atomic mass is 10.0. The van der Waals surface area contributed by atoms with Gasteiger partial charge in [0.15, 0.2) is 6.04 Å². The molecule has 2 rings (SSSR count). The fourth-order valence-corrected chi connectivity index (χ4v) is 3.74. The molecule has 0 aromatic heterocycles. The number of benzene rings is 1. The van der Waals surface area contributed by atoms with Gasteiger partial charge in [-0.05, 0) is 24.6 Å². The number of β-lactam (4-membered cyclic amide) rings is 1. The van der Waals surface area contributed by atoms with Crippen molar-refractivity contribution in [2.75, 3.05) is 6.61 Å². The molecule has 1 aromatic carbocycles. The first kappa shape index (κ1) is 18.2. The van der Waals surface area contributed by atoms with Crippen LogP contribution in [0.2, 0.25) is 0 Å². The summed E-state index contributed by atoms with van der Waals surface area (Å²) < 4.78 is 30.1. The van der Waals surface area contributed by atoms with Crippen molar-refractivity contribution in [1.29, 1.82) is 0 Å². The molecule has 1 aliphatic heterocycles. The maximum atomic E-state index is 12.6. The smallest absolute Gasteiger partial charge is 0.331 e. The molecule has 0 radical (unpaired) electrons. The zero-order chi connectivity index (χ0) is 18.8. The number of azide groups is 1. The third kappa shape index (κ3) is 3.09. The van der Waals surface area contributed by atoms with Gasteiger partial charge in [-0.15, -0.1) is 0 Å². The predicted molar refractivity (Wildman–Crippen MR) is 80.5 cm³/mol. The monoisotopic (exact) mass is 369 g/mol. The molecule has 1 fully saturated rings. The van der Waals surface area contributed by atoms with Gasteiger partial charge in [-0.3, -0.25) is 14.9 Å². The van der Waals surface area contributed by atoms with Crippen molar-refractivity contribution in [2.45, 2.75) is 23.9 Å². The quantitative estimate of drug-likeness (QED) is 0.135. The Morgan fingerprint density at radius 3 is 2.52 bits per heavy atom. The Morgan fingerprint density at radius 1 is 1.44 bits per heavy atom. The van der Waals surface area contributed by atoms with Crippen molar-refractivity contribution in [1.82, 2.24) is 4.31 Å². The average Bonchev–Trinajstić information content (AvgIpc) is 2.57. The van der Waals surface area contributed by atoms with Crippen LogP contribution < -0.4 is 0 Å². The van der Waals surface area contributed by atoms with Crippen LogP contribution in [0, 0.1) is 10.1 Å². The van der Waals surface area contributed by atoms with Crippen molar-refractivity contribution in [3.05, 3.63) is 44.8 Å². The standard InChI is InChI=1S/C12H11N5O7S/c1-2-24-12(19)10-9(14-15-13)11(18)16(10)25(22,23)8-5-3-7(4-6-8)17(20)21/h3-6,9-10H,2H2,1H3. The van der Waals surface area contributed by atoms with Gasteiger partial charge >= 0.3 is 5.97 Å². The minimum atomic E-state index is -4.48. The molecule has 1 saturated heterocycles. The molecule has 2 atom stereocenters. The summed E-state index contributed by atoms with van der Waals surface area (Å²) in [5.41, 5.74) is 8.12. The SMILES string of the molecule is CCOC(=O)C1C(N=[N+]=[N-])C(=O)N1S(=O)(=O)c1ccc([N+](=O)[O-])cc1. The zero-order valence-corrected chi connectivity index (χ0v) is 13.5. The summed E-state index contributed by atoms with van der Waals surface area (Å²) in [6.45, 7) is 1.41. The summed E-state index contributed by atoms with van der Waals surface area (Å²) in [6.07, 6.45) is 0. The van der Waals surface area contributed by atoms with Crippen LogP contribution in [0.1, 0.15) is 6.92 Å². The van der Waals surface area contributed by atoms with E-state index < -0.39 is 43.8 Å². The van der Waals surface area contributed by atoms with Gasteiger partial charge in [0.25, 0.3) is 15.7 Å². The van der Waals surface area contributed by atoms with E-state index in [0.29, 0.717) is 0 Å². The summed E-state index contributed by atoms with van der Waals surface area (Å²) >= 11 is 0. The van der Waals surface area contributed by atoms with Crippen LogP contribution in [-0.4, -0.2) is 48.2 Å². The molecule has 2 unspecified atom stereocenters. The molecular formula is C12H11N5O7S. The molecule has 1 aliphatic rings. The van der Waals surface area contributed by atoms with Crippen molar-refractivity contribution in [2.24, 2.45) is 5.11 Å². The maximum absolute atomic E-state index is 12.6. The lowest BCUT2D eigenvalue weighted by molar-refractivity contribution is -0.384. The van der Waals surface area contributed by atoms with E-state index in [4.69, 9.17) is 10.3 Å². The second-order valence-corrected chi connectivity index (χ2v) is 6.55. The number of hydrogen-bond donors (Lipinski definition) is 0. The van der Waals surface area contributed by atoms with Crippen molar-refractivity contribution < 1.29 is 27.7 Å². The molecule has 0 saturated carbocycles. The number of hydrogen-bond acceptors (Lipinski definition) is 8. The first-order chi connectivity index (χ1) is 11.8. The Hall–Kier alpha value is -3.18. The summed E-state index contributed by atoms with van der Waals surface area (Å²) in [5, 5.41) is 13.8. The average molecular weight is 369 g/mol. The second-order valence-electron chi connectivity index (χ2n) is 4.74. The molecule has 0 bridgehead atoms. The van der Waals surface area contributed by atoms with Gasteiger partial charge in [-0.2, -0.15) is 0 Å². The van der Waals surface area contributed by atoms with Crippen LogP contribution in [0.5, 0.6) is 0 Å². The minimum Gasteiger partial charge on any atom is -0.464 e. The molecule has 0 N–H and O–H groups in total. The van der Waals surface area contributed by atoms with Crippen LogP contribution in [-0.2, 0) is 24.3 Å². The fraction of sp³-hybridized carbons (Fsp3) is 0.333. The first-order valence-electron chi connectivity index (χ1n) is 6.79. The van der Waals surface area contributed by atoms with E-state index in [1.807, 2.05) is 0 Å². The highest BCUT2D eigenvalue weighted by atomic mass is 32.2. The van der Waals surface area contributed by atoms with E-state index in [9.17, 15) is 28.1 Å². The first-order valence-corrected chi connectivity index (χ1v) is 8.23. The summed E-state index contributed by atoms with van der Waals surface area (Å²) in [4.78, 5) is 35.9. The molecule has 25 heavy (non-hydrogen) atoms. The number of nitrogens with zero attached hydrogens (tertiary/aromatic N) is 5. The number of carbonyl (C=O) groups excluding carboxylic acids is 2. The highest BCUT2D eigenvalue weighted by molar-refractivity contribution is 7.89. The van der Waals surface area contributed by atoms with Gasteiger partial charge in [0.1, 0.15) is 6.04 Å². The third-order valence-electron chi connectivity index (χ3n) is 3.33. The van der Waals surface area contributed by atoms with E-state index in [1.54, 1.807) is 0 Å². The molecule has 13 heteroatoms. The number of nitro benzene ring substituents is 1. The highest BCUT2D eigenvalue weighted by Gasteiger charge is 2.58. The van der Waals surface area contributed by atoms with Crippen LogP contribution in [0.4, 0.5) is 5.69 Å². The third-order valence-corrected chi connectivity index (χ3v) is 5.12. The number of amides is 1. The Kier molecular flexibility index (Phi) is 4.90. The van der Waals surface area contributed by atoms with Gasteiger partial charge in [0.2, 0.25) is 5.91 Å². The topological polar surface area (TPSA) is 173 Å². The van der Waals surface area contributed by atoms with E-state index in [1.165, 1.54) is 6.92 Å².